The van der Waals surface area contributed by atoms with E-state index in [2.05, 4.69) is 5.32 Å². The molecule has 0 spiro atoms. The van der Waals surface area contributed by atoms with E-state index in [4.69, 9.17) is 9.47 Å². The van der Waals surface area contributed by atoms with Crippen LogP contribution in [-0.2, 0) is 4.79 Å². The lowest BCUT2D eigenvalue weighted by Crippen LogP contribution is -2.14. The van der Waals surface area contributed by atoms with Crippen LogP contribution in [0.2, 0.25) is 0 Å². The lowest BCUT2D eigenvalue weighted by Gasteiger charge is -2.14. The number of aryl methyl sites for hydroxylation is 1. The lowest BCUT2D eigenvalue weighted by molar-refractivity contribution is -0.112. The molecule has 0 atom stereocenters. The summed E-state index contributed by atoms with van der Waals surface area (Å²) in [7, 11) is 1.55. The van der Waals surface area contributed by atoms with E-state index < -0.39 is 5.91 Å². The van der Waals surface area contributed by atoms with Crippen LogP contribution in [0.1, 0.15) is 25.0 Å². The molecule has 2 rings (SSSR count). The van der Waals surface area contributed by atoms with Gasteiger partial charge in [-0.2, -0.15) is 5.26 Å². The first-order chi connectivity index (χ1) is 12.4. The van der Waals surface area contributed by atoms with Crippen LogP contribution >= 0.6 is 0 Å². The summed E-state index contributed by atoms with van der Waals surface area (Å²) in [6.45, 7) is 5.75. The molecule has 0 fully saturated rings. The summed E-state index contributed by atoms with van der Waals surface area (Å²) in [6.07, 6.45) is 1.54. The van der Waals surface area contributed by atoms with E-state index in [0.29, 0.717) is 22.7 Å². The predicted molar refractivity (Wildman–Crippen MR) is 102 cm³/mol. The fraction of sp³-hybridized carbons (Fsp3) is 0.238. The second-order valence-electron chi connectivity index (χ2n) is 6.02. The topological polar surface area (TPSA) is 71.3 Å². The van der Waals surface area contributed by atoms with Gasteiger partial charge in [-0.05, 0) is 56.2 Å². The van der Waals surface area contributed by atoms with Gasteiger partial charge in [-0.3, -0.25) is 4.79 Å². The van der Waals surface area contributed by atoms with E-state index >= 15 is 0 Å². The fourth-order valence-corrected chi connectivity index (χ4v) is 2.34. The lowest BCUT2D eigenvalue weighted by atomic mass is 10.1. The van der Waals surface area contributed by atoms with Crippen LogP contribution in [0.3, 0.4) is 0 Å². The first kappa shape index (κ1) is 19.1. The number of hydrogen-bond donors (Lipinski definition) is 1. The standard InChI is InChI=1S/C21H22N2O3/c1-14(2)26-19-10-9-16(12-20(19)25-4)11-17(13-22)21(24)23-18-8-6-5-7-15(18)3/h5-12,14H,1-4H3,(H,23,24)/b17-11+. The molecular formula is C21H22N2O3. The van der Waals surface area contributed by atoms with Gasteiger partial charge >= 0.3 is 0 Å². The van der Waals surface area contributed by atoms with Crippen molar-refractivity contribution in [3.05, 3.63) is 59.2 Å². The number of nitrogens with zero attached hydrogens (tertiary/aromatic N) is 1. The molecule has 0 unspecified atom stereocenters. The highest BCUT2D eigenvalue weighted by molar-refractivity contribution is 6.10. The van der Waals surface area contributed by atoms with Crippen molar-refractivity contribution in [2.24, 2.45) is 0 Å². The Bertz CT molecular complexity index is 864. The first-order valence-electron chi connectivity index (χ1n) is 8.28. The van der Waals surface area contributed by atoms with Crippen LogP contribution in [-0.4, -0.2) is 19.1 Å². The largest absolute Gasteiger partial charge is 0.493 e. The SMILES string of the molecule is COc1cc(/C=C(\C#N)C(=O)Nc2ccccc2C)ccc1OC(C)C. The van der Waals surface area contributed by atoms with Crippen molar-refractivity contribution >= 4 is 17.7 Å². The Morgan fingerprint density at radius 2 is 1.92 bits per heavy atom. The molecule has 0 aromatic heterocycles. The molecule has 0 saturated carbocycles. The minimum Gasteiger partial charge on any atom is -0.493 e. The molecule has 0 bridgehead atoms. The van der Waals surface area contributed by atoms with Crippen molar-refractivity contribution < 1.29 is 14.3 Å². The fourth-order valence-electron chi connectivity index (χ4n) is 2.34. The highest BCUT2D eigenvalue weighted by Gasteiger charge is 2.12. The molecule has 134 valence electrons. The van der Waals surface area contributed by atoms with Gasteiger partial charge < -0.3 is 14.8 Å². The van der Waals surface area contributed by atoms with Crippen LogP contribution < -0.4 is 14.8 Å². The predicted octanol–water partition coefficient (Wildman–Crippen LogP) is 4.34. The van der Waals surface area contributed by atoms with Crippen molar-refractivity contribution in [1.82, 2.24) is 0 Å². The Hall–Kier alpha value is -3.26. The molecule has 1 amide bonds. The number of rotatable bonds is 6. The van der Waals surface area contributed by atoms with Gasteiger partial charge in [-0.1, -0.05) is 24.3 Å². The molecule has 2 aromatic carbocycles. The summed E-state index contributed by atoms with van der Waals surface area (Å²) < 4.78 is 11.0. The maximum Gasteiger partial charge on any atom is 0.266 e. The van der Waals surface area contributed by atoms with Crippen molar-refractivity contribution in [2.75, 3.05) is 12.4 Å². The Morgan fingerprint density at radius 1 is 1.19 bits per heavy atom. The summed E-state index contributed by atoms with van der Waals surface area (Å²) >= 11 is 0. The van der Waals surface area contributed by atoms with E-state index in [1.54, 1.807) is 31.4 Å². The maximum atomic E-state index is 12.4. The van der Waals surface area contributed by atoms with Gasteiger partial charge in [0.25, 0.3) is 5.91 Å². The van der Waals surface area contributed by atoms with Gasteiger partial charge in [-0.15, -0.1) is 0 Å². The summed E-state index contributed by atoms with van der Waals surface area (Å²) in [5.74, 6) is 0.704. The monoisotopic (exact) mass is 350 g/mol. The van der Waals surface area contributed by atoms with E-state index in [9.17, 15) is 10.1 Å². The highest BCUT2D eigenvalue weighted by Crippen LogP contribution is 2.29. The molecule has 0 aliphatic carbocycles. The molecule has 5 nitrogen and oxygen atoms in total. The average molecular weight is 350 g/mol. The number of nitriles is 1. The smallest absolute Gasteiger partial charge is 0.266 e. The van der Waals surface area contributed by atoms with Gasteiger partial charge in [-0.25, -0.2) is 0 Å². The normalized spacial score (nSPS) is 11.0. The molecule has 26 heavy (non-hydrogen) atoms. The zero-order chi connectivity index (χ0) is 19.1. The van der Waals surface area contributed by atoms with Crippen LogP contribution in [0.5, 0.6) is 11.5 Å². The number of hydrogen-bond acceptors (Lipinski definition) is 4. The molecule has 5 heteroatoms. The first-order valence-corrected chi connectivity index (χ1v) is 8.28. The third-order valence-electron chi connectivity index (χ3n) is 3.62. The van der Waals surface area contributed by atoms with Crippen LogP contribution in [0.4, 0.5) is 5.69 Å². The number of carbonyl (C=O) groups excluding carboxylic acids is 1. The molecule has 0 radical (unpaired) electrons. The van der Waals surface area contributed by atoms with E-state index in [1.165, 1.54) is 6.08 Å². The van der Waals surface area contributed by atoms with Crippen molar-refractivity contribution in [1.29, 1.82) is 5.26 Å². The Labute approximate surface area is 153 Å². The van der Waals surface area contributed by atoms with Crippen molar-refractivity contribution in [3.8, 4) is 17.6 Å². The third-order valence-corrected chi connectivity index (χ3v) is 3.62. The molecular weight excluding hydrogens is 328 g/mol. The van der Waals surface area contributed by atoms with Gasteiger partial charge in [0, 0.05) is 5.69 Å². The highest BCUT2D eigenvalue weighted by atomic mass is 16.5. The summed E-state index contributed by atoms with van der Waals surface area (Å²) in [5, 5.41) is 12.1. The van der Waals surface area contributed by atoms with Gasteiger partial charge in [0.1, 0.15) is 11.6 Å². The van der Waals surface area contributed by atoms with Gasteiger partial charge in [0.15, 0.2) is 11.5 Å². The number of ether oxygens (including phenoxy) is 2. The van der Waals surface area contributed by atoms with Gasteiger partial charge in [0.2, 0.25) is 0 Å². The molecule has 2 aromatic rings. The number of amides is 1. The third kappa shape index (κ3) is 4.87. The second kappa shape index (κ2) is 8.72. The van der Waals surface area contributed by atoms with Gasteiger partial charge in [0.05, 0.1) is 13.2 Å². The van der Waals surface area contributed by atoms with Crippen molar-refractivity contribution in [3.63, 3.8) is 0 Å². The zero-order valence-electron chi connectivity index (χ0n) is 15.4. The Balaban J connectivity index is 2.26. The van der Waals surface area contributed by atoms with Crippen LogP contribution in [0.15, 0.2) is 48.0 Å². The number of nitrogens with one attached hydrogen (secondary N) is 1. The maximum absolute atomic E-state index is 12.4. The Kier molecular flexibility index (Phi) is 6.40. The van der Waals surface area contributed by atoms with Crippen LogP contribution in [0, 0.1) is 18.3 Å². The van der Waals surface area contributed by atoms with E-state index in [0.717, 1.165) is 5.56 Å². The minimum atomic E-state index is -0.455. The van der Waals surface area contributed by atoms with Crippen LogP contribution in [0.25, 0.3) is 6.08 Å². The molecule has 0 heterocycles. The summed E-state index contributed by atoms with van der Waals surface area (Å²) in [5.41, 5.74) is 2.29. The molecule has 0 aliphatic heterocycles. The molecule has 1 N–H and O–H groups in total. The average Bonchev–Trinajstić information content (AvgIpc) is 2.62. The van der Waals surface area contributed by atoms with E-state index in [-0.39, 0.29) is 11.7 Å². The quantitative estimate of drug-likeness (QED) is 0.621. The number of methoxy groups -OCH3 is 1. The zero-order valence-corrected chi connectivity index (χ0v) is 15.4. The number of anilines is 1. The second-order valence-corrected chi connectivity index (χ2v) is 6.02. The van der Waals surface area contributed by atoms with Crippen molar-refractivity contribution in [2.45, 2.75) is 26.9 Å². The molecule has 0 saturated heterocycles. The number of para-hydroxylation sites is 1. The summed E-state index contributed by atoms with van der Waals surface area (Å²) in [4.78, 5) is 12.4. The number of benzene rings is 2. The molecule has 0 aliphatic rings. The summed E-state index contributed by atoms with van der Waals surface area (Å²) in [6, 6.07) is 14.6. The Morgan fingerprint density at radius 3 is 2.54 bits per heavy atom. The van der Waals surface area contributed by atoms with E-state index in [1.807, 2.05) is 45.0 Å². The minimum absolute atomic E-state index is 0.00725. The number of carbonyl (C=O) groups is 1.